The van der Waals surface area contributed by atoms with Gasteiger partial charge in [0.05, 0.1) is 33.3 Å². The molecular formula is C22H25N5O4S. The van der Waals surface area contributed by atoms with Gasteiger partial charge in [0.15, 0.2) is 22.5 Å². The molecule has 3 aromatic rings. The summed E-state index contributed by atoms with van der Waals surface area (Å²) in [4.78, 5) is 12.3. The lowest BCUT2D eigenvalue weighted by Gasteiger charge is -2.11. The third-order valence-electron chi connectivity index (χ3n) is 4.53. The van der Waals surface area contributed by atoms with E-state index < -0.39 is 0 Å². The van der Waals surface area contributed by atoms with E-state index in [1.165, 1.54) is 18.0 Å². The molecule has 0 aliphatic carbocycles. The van der Waals surface area contributed by atoms with E-state index in [9.17, 15) is 4.79 Å². The van der Waals surface area contributed by atoms with Crippen LogP contribution in [0.1, 0.15) is 12.5 Å². The van der Waals surface area contributed by atoms with Crippen molar-refractivity contribution in [1.29, 1.82) is 0 Å². The number of carbonyl (C=O) groups excluding carboxylic acids is 1. The Kier molecular flexibility index (Phi) is 8.09. The fourth-order valence-electron chi connectivity index (χ4n) is 2.97. The maximum absolute atomic E-state index is 12.3. The molecular weight excluding hydrogens is 430 g/mol. The van der Waals surface area contributed by atoms with Gasteiger partial charge in [-0.1, -0.05) is 42.1 Å². The van der Waals surface area contributed by atoms with E-state index in [0.717, 1.165) is 11.4 Å². The highest BCUT2D eigenvalue weighted by Crippen LogP contribution is 2.33. The van der Waals surface area contributed by atoms with Crippen molar-refractivity contribution in [3.63, 3.8) is 0 Å². The number of nitrogens with zero attached hydrogens (tertiary/aromatic N) is 4. The SMILES string of the molecule is CCn1c(SCC(=O)N/N=C\c2cc(OC)c(OC)cc2OC)nnc1-c1ccccc1. The molecule has 1 aromatic heterocycles. The molecule has 10 heteroatoms. The number of hydrogen-bond donors (Lipinski definition) is 1. The minimum atomic E-state index is -0.266. The molecule has 0 radical (unpaired) electrons. The normalized spacial score (nSPS) is 10.9. The van der Waals surface area contributed by atoms with Gasteiger partial charge in [-0.2, -0.15) is 5.10 Å². The van der Waals surface area contributed by atoms with Crippen LogP contribution < -0.4 is 19.6 Å². The number of methoxy groups -OCH3 is 3. The van der Waals surface area contributed by atoms with Gasteiger partial charge in [0.1, 0.15) is 5.75 Å². The van der Waals surface area contributed by atoms with Gasteiger partial charge in [-0.15, -0.1) is 10.2 Å². The van der Waals surface area contributed by atoms with Gasteiger partial charge in [-0.05, 0) is 13.0 Å². The van der Waals surface area contributed by atoms with Crippen molar-refractivity contribution in [2.45, 2.75) is 18.6 Å². The fraction of sp³-hybridized carbons (Fsp3) is 0.273. The van der Waals surface area contributed by atoms with Gasteiger partial charge in [-0.25, -0.2) is 5.43 Å². The number of hydrazone groups is 1. The predicted octanol–water partition coefficient (Wildman–Crippen LogP) is 3.23. The fourth-order valence-corrected chi connectivity index (χ4v) is 3.77. The van der Waals surface area contributed by atoms with Crippen LogP contribution in [-0.4, -0.2) is 54.0 Å². The lowest BCUT2D eigenvalue weighted by atomic mass is 10.2. The van der Waals surface area contributed by atoms with E-state index in [2.05, 4.69) is 20.7 Å². The molecule has 0 spiro atoms. The number of ether oxygens (including phenoxy) is 3. The summed E-state index contributed by atoms with van der Waals surface area (Å²) < 4.78 is 17.9. The lowest BCUT2D eigenvalue weighted by molar-refractivity contribution is -0.118. The standard InChI is InChI=1S/C22H25N5O4S/c1-5-27-21(15-9-7-6-8-10-15)25-26-22(27)32-14-20(28)24-23-13-16-11-18(30-3)19(31-4)12-17(16)29-2/h6-13H,5,14H2,1-4H3,(H,24,28)/b23-13-. The van der Waals surface area contributed by atoms with E-state index in [0.29, 0.717) is 34.5 Å². The van der Waals surface area contributed by atoms with E-state index in [1.54, 1.807) is 33.5 Å². The first kappa shape index (κ1) is 23.1. The van der Waals surface area contributed by atoms with Crippen LogP contribution in [0, 0.1) is 0 Å². The molecule has 3 rings (SSSR count). The minimum absolute atomic E-state index is 0.146. The average Bonchev–Trinajstić information content (AvgIpc) is 3.25. The summed E-state index contributed by atoms with van der Waals surface area (Å²) in [7, 11) is 4.63. The van der Waals surface area contributed by atoms with Crippen LogP contribution in [0.25, 0.3) is 11.4 Å². The number of aromatic nitrogens is 3. The quantitative estimate of drug-likeness (QED) is 0.285. The van der Waals surface area contributed by atoms with Crippen molar-refractivity contribution in [2.75, 3.05) is 27.1 Å². The van der Waals surface area contributed by atoms with E-state index in [1.807, 2.05) is 41.8 Å². The van der Waals surface area contributed by atoms with Crippen LogP contribution in [0.2, 0.25) is 0 Å². The van der Waals surface area contributed by atoms with Crippen LogP contribution in [0.3, 0.4) is 0 Å². The summed E-state index contributed by atoms with van der Waals surface area (Å²) in [6.45, 7) is 2.71. The molecule has 32 heavy (non-hydrogen) atoms. The van der Waals surface area contributed by atoms with Gasteiger partial charge in [0.25, 0.3) is 5.91 Å². The summed E-state index contributed by atoms with van der Waals surface area (Å²) in [5.74, 6) is 2.26. The lowest BCUT2D eigenvalue weighted by Crippen LogP contribution is -2.20. The zero-order chi connectivity index (χ0) is 22.9. The predicted molar refractivity (Wildman–Crippen MR) is 124 cm³/mol. The average molecular weight is 456 g/mol. The third kappa shape index (κ3) is 5.38. The van der Waals surface area contributed by atoms with Crippen molar-refractivity contribution < 1.29 is 19.0 Å². The van der Waals surface area contributed by atoms with Gasteiger partial charge in [-0.3, -0.25) is 4.79 Å². The smallest absolute Gasteiger partial charge is 0.250 e. The second kappa shape index (κ2) is 11.2. The molecule has 0 saturated carbocycles. The molecule has 0 aliphatic rings. The maximum Gasteiger partial charge on any atom is 0.250 e. The van der Waals surface area contributed by atoms with Gasteiger partial charge in [0, 0.05) is 23.7 Å². The Morgan fingerprint density at radius 2 is 1.75 bits per heavy atom. The summed E-state index contributed by atoms with van der Waals surface area (Å²) >= 11 is 1.30. The van der Waals surface area contributed by atoms with Crippen molar-refractivity contribution >= 4 is 23.9 Å². The second-order valence-corrected chi connectivity index (χ2v) is 7.39. The maximum atomic E-state index is 12.3. The van der Waals surface area contributed by atoms with Gasteiger partial charge >= 0.3 is 0 Å². The van der Waals surface area contributed by atoms with Crippen LogP contribution in [0.5, 0.6) is 17.2 Å². The number of amides is 1. The van der Waals surface area contributed by atoms with Crippen molar-refractivity contribution in [3.05, 3.63) is 48.0 Å². The summed E-state index contributed by atoms with van der Waals surface area (Å²) in [6.07, 6.45) is 1.49. The van der Waals surface area contributed by atoms with Crippen LogP contribution in [0.15, 0.2) is 52.7 Å². The first-order valence-electron chi connectivity index (χ1n) is 9.84. The van der Waals surface area contributed by atoms with Gasteiger partial charge in [0.2, 0.25) is 0 Å². The number of rotatable bonds is 10. The molecule has 0 fully saturated rings. The Morgan fingerprint density at radius 3 is 2.41 bits per heavy atom. The highest BCUT2D eigenvalue weighted by atomic mass is 32.2. The van der Waals surface area contributed by atoms with Crippen LogP contribution in [-0.2, 0) is 11.3 Å². The van der Waals surface area contributed by atoms with E-state index in [-0.39, 0.29) is 11.7 Å². The van der Waals surface area contributed by atoms with E-state index >= 15 is 0 Å². The molecule has 1 N–H and O–H groups in total. The Hall–Kier alpha value is -3.53. The Bertz CT molecular complexity index is 1090. The zero-order valence-corrected chi connectivity index (χ0v) is 19.2. The topological polar surface area (TPSA) is 99.9 Å². The zero-order valence-electron chi connectivity index (χ0n) is 18.4. The van der Waals surface area contributed by atoms with Crippen molar-refractivity contribution in [1.82, 2.24) is 20.2 Å². The summed E-state index contributed by atoms with van der Waals surface area (Å²) in [5, 5.41) is 13.2. The molecule has 0 bridgehead atoms. The largest absolute Gasteiger partial charge is 0.496 e. The highest BCUT2D eigenvalue weighted by Gasteiger charge is 2.14. The molecule has 9 nitrogen and oxygen atoms in total. The highest BCUT2D eigenvalue weighted by molar-refractivity contribution is 7.99. The Morgan fingerprint density at radius 1 is 1.06 bits per heavy atom. The molecule has 1 amide bonds. The van der Waals surface area contributed by atoms with Gasteiger partial charge < -0.3 is 18.8 Å². The second-order valence-electron chi connectivity index (χ2n) is 6.45. The minimum Gasteiger partial charge on any atom is -0.496 e. The molecule has 2 aromatic carbocycles. The van der Waals surface area contributed by atoms with Crippen LogP contribution >= 0.6 is 11.8 Å². The van der Waals surface area contributed by atoms with E-state index in [4.69, 9.17) is 14.2 Å². The summed E-state index contributed by atoms with van der Waals surface area (Å²) in [6, 6.07) is 13.2. The van der Waals surface area contributed by atoms with Crippen molar-refractivity contribution in [2.24, 2.45) is 5.10 Å². The number of benzene rings is 2. The first-order valence-corrected chi connectivity index (χ1v) is 10.8. The Balaban J connectivity index is 1.63. The third-order valence-corrected chi connectivity index (χ3v) is 5.49. The number of carbonyl (C=O) groups is 1. The number of thioether (sulfide) groups is 1. The molecule has 0 unspecified atom stereocenters. The molecule has 0 atom stereocenters. The first-order chi connectivity index (χ1) is 15.6. The van der Waals surface area contributed by atoms with Crippen LogP contribution in [0.4, 0.5) is 0 Å². The number of hydrogen-bond acceptors (Lipinski definition) is 8. The monoisotopic (exact) mass is 455 g/mol. The molecule has 0 saturated heterocycles. The molecule has 0 aliphatic heterocycles. The summed E-state index contributed by atoms with van der Waals surface area (Å²) in [5.41, 5.74) is 4.13. The van der Waals surface area contributed by atoms with Crippen molar-refractivity contribution in [3.8, 4) is 28.6 Å². The number of nitrogens with one attached hydrogen (secondary N) is 1. The Labute approximate surface area is 190 Å². The molecule has 1 heterocycles. The molecule has 168 valence electrons.